The van der Waals surface area contributed by atoms with E-state index < -0.39 is 4.92 Å². The van der Waals surface area contributed by atoms with Crippen LogP contribution in [0.5, 0.6) is 0 Å². The highest BCUT2D eigenvalue weighted by Crippen LogP contribution is 2.23. The molecule has 1 fully saturated rings. The van der Waals surface area contributed by atoms with Crippen LogP contribution in [0.2, 0.25) is 0 Å². The Balaban J connectivity index is 1.53. The van der Waals surface area contributed by atoms with E-state index in [1.807, 2.05) is 32.1 Å². The Hall–Kier alpha value is -3.23. The number of rotatable bonds is 6. The van der Waals surface area contributed by atoms with Crippen molar-refractivity contribution in [3.8, 4) is 0 Å². The van der Waals surface area contributed by atoms with E-state index in [9.17, 15) is 14.9 Å². The van der Waals surface area contributed by atoms with Gasteiger partial charge >= 0.3 is 0 Å². The van der Waals surface area contributed by atoms with Crippen LogP contribution in [-0.2, 0) is 0 Å². The first-order chi connectivity index (χ1) is 13.8. The van der Waals surface area contributed by atoms with E-state index in [4.69, 9.17) is 0 Å². The molecule has 3 rings (SSSR count). The monoisotopic (exact) mass is 398 g/mol. The lowest BCUT2D eigenvalue weighted by atomic mass is 9.91. The molecule has 0 aliphatic heterocycles. The molecule has 2 N–H and O–H groups in total. The van der Waals surface area contributed by atoms with Crippen LogP contribution < -0.4 is 15.5 Å². The number of nitrogens with zero attached hydrogens (tertiary/aromatic N) is 4. The summed E-state index contributed by atoms with van der Waals surface area (Å²) >= 11 is 0. The highest BCUT2D eigenvalue weighted by molar-refractivity contribution is 5.95. The van der Waals surface area contributed by atoms with E-state index in [0.717, 1.165) is 37.1 Å². The summed E-state index contributed by atoms with van der Waals surface area (Å²) in [6.45, 7) is 1.98. The highest BCUT2D eigenvalue weighted by atomic mass is 16.6. The van der Waals surface area contributed by atoms with Gasteiger partial charge in [0.2, 0.25) is 5.95 Å². The molecule has 1 aliphatic rings. The lowest BCUT2D eigenvalue weighted by Gasteiger charge is -2.30. The molecular formula is C20H26N6O3. The van der Waals surface area contributed by atoms with Gasteiger partial charge in [0, 0.05) is 55.6 Å². The molecule has 2 aromatic rings. The zero-order chi connectivity index (χ0) is 21.0. The molecule has 1 saturated carbocycles. The van der Waals surface area contributed by atoms with Crippen molar-refractivity contribution in [1.29, 1.82) is 0 Å². The number of benzene rings is 1. The van der Waals surface area contributed by atoms with Crippen molar-refractivity contribution in [3.63, 3.8) is 0 Å². The Morgan fingerprint density at radius 3 is 2.55 bits per heavy atom. The molecule has 1 heterocycles. The van der Waals surface area contributed by atoms with Gasteiger partial charge in [0.25, 0.3) is 11.6 Å². The highest BCUT2D eigenvalue weighted by Gasteiger charge is 2.24. The van der Waals surface area contributed by atoms with Crippen molar-refractivity contribution in [2.75, 3.05) is 24.3 Å². The van der Waals surface area contributed by atoms with Crippen LogP contribution in [0.3, 0.4) is 0 Å². The summed E-state index contributed by atoms with van der Waals surface area (Å²) < 4.78 is 0. The molecule has 1 aromatic carbocycles. The quantitative estimate of drug-likeness (QED) is 0.568. The minimum absolute atomic E-state index is 0.0519. The van der Waals surface area contributed by atoms with Gasteiger partial charge in [-0.25, -0.2) is 4.98 Å². The van der Waals surface area contributed by atoms with Crippen LogP contribution in [0, 0.1) is 17.0 Å². The molecule has 0 spiro atoms. The van der Waals surface area contributed by atoms with Gasteiger partial charge in [0.15, 0.2) is 0 Å². The number of nitro benzene ring substituents is 1. The van der Waals surface area contributed by atoms with Crippen molar-refractivity contribution in [2.24, 2.45) is 0 Å². The standard InChI is InChI=1S/C20H26N6O3/c1-13-12-21-20(24-18(13)25(2)3)23-16-9-7-15(8-10-16)22-19(27)14-5-4-6-17(11-14)26(28)29/h4-6,11-12,15-16H,7-10H2,1-3H3,(H,22,27)(H,21,23,24). The maximum atomic E-state index is 12.4. The number of aryl methyl sites for hydroxylation is 1. The van der Waals surface area contributed by atoms with E-state index in [1.165, 1.54) is 18.2 Å². The Morgan fingerprint density at radius 2 is 1.90 bits per heavy atom. The second-order valence-electron chi connectivity index (χ2n) is 7.57. The largest absolute Gasteiger partial charge is 0.362 e. The lowest BCUT2D eigenvalue weighted by Crippen LogP contribution is -2.40. The maximum absolute atomic E-state index is 12.4. The summed E-state index contributed by atoms with van der Waals surface area (Å²) in [6, 6.07) is 6.10. The van der Waals surface area contributed by atoms with E-state index in [0.29, 0.717) is 11.5 Å². The third-order valence-electron chi connectivity index (χ3n) is 5.08. The molecule has 154 valence electrons. The van der Waals surface area contributed by atoms with E-state index in [1.54, 1.807) is 6.07 Å². The topological polar surface area (TPSA) is 113 Å². The first kappa shape index (κ1) is 20.5. The molecular weight excluding hydrogens is 372 g/mol. The Kier molecular flexibility index (Phi) is 6.26. The Morgan fingerprint density at radius 1 is 1.21 bits per heavy atom. The number of non-ortho nitro benzene ring substituents is 1. The van der Waals surface area contributed by atoms with Crippen LogP contribution in [-0.4, -0.2) is 47.0 Å². The summed E-state index contributed by atoms with van der Waals surface area (Å²) in [5, 5.41) is 17.3. The van der Waals surface area contributed by atoms with E-state index >= 15 is 0 Å². The third-order valence-corrected chi connectivity index (χ3v) is 5.08. The smallest absolute Gasteiger partial charge is 0.270 e. The fourth-order valence-corrected chi connectivity index (χ4v) is 3.55. The molecule has 0 radical (unpaired) electrons. The first-order valence-corrected chi connectivity index (χ1v) is 9.66. The molecule has 1 aliphatic carbocycles. The first-order valence-electron chi connectivity index (χ1n) is 9.66. The molecule has 1 amide bonds. The van der Waals surface area contributed by atoms with E-state index in [2.05, 4.69) is 20.6 Å². The lowest BCUT2D eigenvalue weighted by molar-refractivity contribution is -0.384. The fraction of sp³-hybridized carbons (Fsp3) is 0.450. The number of hydrogen-bond donors (Lipinski definition) is 2. The second-order valence-corrected chi connectivity index (χ2v) is 7.57. The zero-order valence-corrected chi connectivity index (χ0v) is 16.9. The molecule has 1 aromatic heterocycles. The molecule has 29 heavy (non-hydrogen) atoms. The molecule has 9 nitrogen and oxygen atoms in total. The van der Waals surface area contributed by atoms with Gasteiger partial charge in [-0.2, -0.15) is 4.98 Å². The van der Waals surface area contributed by atoms with Crippen LogP contribution >= 0.6 is 0 Å². The number of nitrogens with one attached hydrogen (secondary N) is 2. The summed E-state index contributed by atoms with van der Waals surface area (Å²) in [5.74, 6) is 1.23. The average molecular weight is 398 g/mol. The van der Waals surface area contributed by atoms with Gasteiger partial charge in [0.05, 0.1) is 4.92 Å². The van der Waals surface area contributed by atoms with E-state index in [-0.39, 0.29) is 23.7 Å². The third kappa shape index (κ3) is 5.18. The number of nitro groups is 1. The molecule has 0 atom stereocenters. The predicted molar refractivity (Wildman–Crippen MR) is 111 cm³/mol. The summed E-state index contributed by atoms with van der Waals surface area (Å²) in [7, 11) is 3.91. The number of carbonyl (C=O) groups excluding carboxylic acids is 1. The fourth-order valence-electron chi connectivity index (χ4n) is 3.55. The zero-order valence-electron chi connectivity index (χ0n) is 16.9. The minimum Gasteiger partial charge on any atom is -0.362 e. The number of anilines is 2. The van der Waals surface area contributed by atoms with Gasteiger partial charge in [-0.1, -0.05) is 6.07 Å². The second kappa shape index (κ2) is 8.85. The maximum Gasteiger partial charge on any atom is 0.270 e. The van der Waals surface area contributed by atoms with Crippen LogP contribution in [0.25, 0.3) is 0 Å². The van der Waals surface area contributed by atoms with Gasteiger partial charge in [-0.15, -0.1) is 0 Å². The Labute approximate surface area is 169 Å². The predicted octanol–water partition coefficient (Wildman–Crippen LogP) is 2.91. The average Bonchev–Trinajstić information content (AvgIpc) is 2.70. The normalized spacial score (nSPS) is 18.7. The number of amides is 1. The van der Waals surface area contributed by atoms with Crippen LogP contribution in [0.4, 0.5) is 17.5 Å². The van der Waals surface area contributed by atoms with Crippen molar-refractivity contribution in [2.45, 2.75) is 44.7 Å². The van der Waals surface area contributed by atoms with Crippen molar-refractivity contribution >= 4 is 23.4 Å². The van der Waals surface area contributed by atoms with Gasteiger partial charge in [-0.3, -0.25) is 14.9 Å². The summed E-state index contributed by atoms with van der Waals surface area (Å²) in [5.41, 5.74) is 1.25. The number of carbonyl (C=O) groups is 1. The van der Waals surface area contributed by atoms with Crippen LogP contribution in [0.15, 0.2) is 30.5 Å². The number of hydrogen-bond acceptors (Lipinski definition) is 7. The van der Waals surface area contributed by atoms with Gasteiger partial charge in [-0.05, 0) is 38.7 Å². The summed E-state index contributed by atoms with van der Waals surface area (Å²) in [4.78, 5) is 33.7. The van der Waals surface area contributed by atoms with Crippen LogP contribution in [0.1, 0.15) is 41.6 Å². The molecule has 9 heteroatoms. The minimum atomic E-state index is -0.498. The van der Waals surface area contributed by atoms with Crippen molar-refractivity contribution in [1.82, 2.24) is 15.3 Å². The van der Waals surface area contributed by atoms with Crippen molar-refractivity contribution < 1.29 is 9.72 Å². The van der Waals surface area contributed by atoms with Gasteiger partial charge < -0.3 is 15.5 Å². The molecule has 0 saturated heterocycles. The Bertz CT molecular complexity index is 894. The summed E-state index contributed by atoms with van der Waals surface area (Å²) in [6.07, 6.45) is 5.23. The number of aromatic nitrogens is 2. The van der Waals surface area contributed by atoms with Gasteiger partial charge in [0.1, 0.15) is 5.82 Å². The SMILES string of the molecule is Cc1cnc(NC2CCC(NC(=O)c3cccc([N+](=O)[O-])c3)CC2)nc1N(C)C. The molecule has 0 unspecified atom stereocenters. The molecule has 0 bridgehead atoms. The van der Waals surface area contributed by atoms with Crippen molar-refractivity contribution in [3.05, 3.63) is 51.7 Å².